The molecule has 1 fully saturated rings. The average molecular weight is 486 g/mol. The molecule has 1 aliphatic heterocycles. The van der Waals surface area contributed by atoms with E-state index in [0.717, 1.165) is 17.7 Å². The summed E-state index contributed by atoms with van der Waals surface area (Å²) in [5.41, 5.74) is -0.200. The highest BCUT2D eigenvalue weighted by Crippen LogP contribution is 2.43. The predicted octanol–water partition coefficient (Wildman–Crippen LogP) is 5.58. The Hall–Kier alpha value is -2.50. The van der Waals surface area contributed by atoms with Gasteiger partial charge >= 0.3 is 12.2 Å². The predicted molar refractivity (Wildman–Crippen MR) is 121 cm³/mol. The molecule has 0 aliphatic carbocycles. The van der Waals surface area contributed by atoms with Crippen LogP contribution < -0.4 is 10.1 Å². The van der Waals surface area contributed by atoms with E-state index in [1.54, 1.807) is 11.0 Å². The van der Waals surface area contributed by atoms with Crippen LogP contribution in [0.4, 0.5) is 23.7 Å². The van der Waals surface area contributed by atoms with Crippen LogP contribution in [0.3, 0.4) is 0 Å². The number of nitrogens with zero attached hydrogens (tertiary/aromatic N) is 2. The van der Waals surface area contributed by atoms with E-state index in [-0.39, 0.29) is 12.2 Å². The molecule has 2 N–H and O–H groups in total. The van der Waals surface area contributed by atoms with Gasteiger partial charge in [0.15, 0.2) is 0 Å². The second kappa shape index (κ2) is 9.16. The van der Waals surface area contributed by atoms with Crippen molar-refractivity contribution < 1.29 is 27.9 Å². The number of halogens is 3. The number of methoxy groups -OCH3 is 1. The Morgan fingerprint density at radius 1 is 1.28 bits per heavy atom. The van der Waals surface area contributed by atoms with Gasteiger partial charge in [-0.2, -0.15) is 18.2 Å². The fourth-order valence-corrected chi connectivity index (χ4v) is 5.34. The summed E-state index contributed by atoms with van der Waals surface area (Å²) in [7, 11) is 1.54. The van der Waals surface area contributed by atoms with E-state index in [1.807, 2.05) is 32.0 Å². The number of hydroxylamine groups is 2. The van der Waals surface area contributed by atoms with Crippen LogP contribution in [0.15, 0.2) is 48.5 Å². The van der Waals surface area contributed by atoms with Gasteiger partial charge in [0.25, 0.3) is 0 Å². The first-order valence-corrected chi connectivity index (χ1v) is 10.7. The van der Waals surface area contributed by atoms with Crippen molar-refractivity contribution >= 4 is 40.0 Å². The van der Waals surface area contributed by atoms with Crippen molar-refractivity contribution in [2.75, 3.05) is 12.4 Å². The van der Waals surface area contributed by atoms with E-state index < -0.39 is 28.7 Å². The minimum Gasteiger partial charge on any atom is -0.496 e. The Kier molecular flexibility index (Phi) is 6.91. The number of thiocarbonyl (C=S) groups is 1. The van der Waals surface area contributed by atoms with Crippen LogP contribution in [0.25, 0.3) is 0 Å². The summed E-state index contributed by atoms with van der Waals surface area (Å²) in [6.07, 6.45) is -5.43. The Morgan fingerprint density at radius 2 is 1.97 bits per heavy atom. The molecule has 0 bridgehead atoms. The van der Waals surface area contributed by atoms with E-state index in [1.165, 1.54) is 31.0 Å². The van der Waals surface area contributed by atoms with E-state index in [0.29, 0.717) is 15.1 Å². The molecule has 0 unspecified atom stereocenters. The van der Waals surface area contributed by atoms with Crippen molar-refractivity contribution in [3.05, 3.63) is 59.7 Å². The van der Waals surface area contributed by atoms with Crippen LogP contribution in [0.1, 0.15) is 25.0 Å². The number of ether oxygens (including phenoxy) is 1. The van der Waals surface area contributed by atoms with Gasteiger partial charge in [0.05, 0.1) is 24.0 Å². The Balaban J connectivity index is 1.84. The molecule has 0 saturated carbocycles. The summed E-state index contributed by atoms with van der Waals surface area (Å²) in [6, 6.07) is 10.5. The van der Waals surface area contributed by atoms with Gasteiger partial charge in [-0.15, -0.1) is 0 Å². The summed E-state index contributed by atoms with van der Waals surface area (Å²) < 4.78 is 44.1. The van der Waals surface area contributed by atoms with Crippen LogP contribution in [-0.4, -0.2) is 43.5 Å². The number of amides is 2. The molecule has 2 aromatic carbocycles. The lowest BCUT2D eigenvalue weighted by Gasteiger charge is -2.37. The third kappa shape index (κ3) is 5.11. The minimum atomic E-state index is -4.55. The second-order valence-electron chi connectivity index (χ2n) is 7.64. The summed E-state index contributed by atoms with van der Waals surface area (Å²) in [5.74, 6) is 0.627. The van der Waals surface area contributed by atoms with Gasteiger partial charge in [-0.05, 0) is 38.1 Å². The van der Waals surface area contributed by atoms with Crippen molar-refractivity contribution in [2.45, 2.75) is 37.5 Å². The average Bonchev–Trinajstić information content (AvgIpc) is 2.95. The Labute approximate surface area is 193 Å². The second-order valence-corrected chi connectivity index (χ2v) is 9.93. The highest BCUT2D eigenvalue weighted by atomic mass is 32.2. The molecular weight excluding hydrogens is 463 g/mol. The number of rotatable bonds is 5. The van der Waals surface area contributed by atoms with Crippen LogP contribution in [-0.2, 0) is 12.7 Å². The SMILES string of the molecule is COc1ccccc1CN1C(=S)SC(C)(C)[C@H]1N(O)C(=O)Nc1cccc(C(F)(F)F)c1. The fourth-order valence-electron chi connectivity index (χ4n) is 3.47. The van der Waals surface area contributed by atoms with Crippen molar-refractivity contribution in [1.29, 1.82) is 0 Å². The lowest BCUT2D eigenvalue weighted by atomic mass is 10.1. The number of benzene rings is 2. The molecule has 2 amide bonds. The van der Waals surface area contributed by atoms with Crippen LogP contribution in [0, 0.1) is 0 Å². The normalized spacial score (nSPS) is 17.9. The van der Waals surface area contributed by atoms with Crippen LogP contribution >= 0.6 is 24.0 Å². The summed E-state index contributed by atoms with van der Waals surface area (Å²) in [5, 5.41) is 13.6. The van der Waals surface area contributed by atoms with Gasteiger partial charge in [-0.3, -0.25) is 5.21 Å². The quantitative estimate of drug-likeness (QED) is 0.328. The molecular formula is C21H22F3N3O3S2. The first kappa shape index (κ1) is 24.1. The van der Waals surface area contributed by atoms with Gasteiger partial charge in [0.2, 0.25) is 0 Å². The summed E-state index contributed by atoms with van der Waals surface area (Å²) in [4.78, 5) is 14.4. The molecule has 11 heteroatoms. The number of hydrogen-bond donors (Lipinski definition) is 2. The highest BCUT2D eigenvalue weighted by molar-refractivity contribution is 8.24. The number of carbonyl (C=O) groups is 1. The molecule has 1 saturated heterocycles. The maximum atomic E-state index is 13.0. The topological polar surface area (TPSA) is 65.0 Å². The third-order valence-corrected chi connectivity index (χ3v) is 6.55. The number of nitrogens with one attached hydrogen (secondary N) is 1. The molecule has 6 nitrogen and oxygen atoms in total. The summed E-state index contributed by atoms with van der Waals surface area (Å²) >= 11 is 6.81. The number of hydrogen-bond acceptors (Lipinski definition) is 5. The molecule has 0 radical (unpaired) electrons. The maximum absolute atomic E-state index is 13.0. The minimum absolute atomic E-state index is 0.0915. The number of para-hydroxylation sites is 1. The highest BCUT2D eigenvalue weighted by Gasteiger charge is 2.49. The molecule has 1 aliphatic rings. The lowest BCUT2D eigenvalue weighted by molar-refractivity contribution is -0.137. The Bertz CT molecular complexity index is 1020. The number of thioether (sulfide) groups is 1. The first-order valence-electron chi connectivity index (χ1n) is 9.52. The summed E-state index contributed by atoms with van der Waals surface area (Å²) in [6.45, 7) is 3.90. The van der Waals surface area contributed by atoms with Crippen molar-refractivity contribution in [3.63, 3.8) is 0 Å². The van der Waals surface area contributed by atoms with Gasteiger partial charge in [0.1, 0.15) is 16.2 Å². The maximum Gasteiger partial charge on any atom is 0.416 e. The van der Waals surface area contributed by atoms with E-state index in [2.05, 4.69) is 5.32 Å². The van der Waals surface area contributed by atoms with E-state index >= 15 is 0 Å². The molecule has 32 heavy (non-hydrogen) atoms. The number of urea groups is 1. The van der Waals surface area contributed by atoms with Gasteiger partial charge in [-0.1, -0.05) is 48.2 Å². The molecule has 0 aromatic heterocycles. The Morgan fingerprint density at radius 3 is 2.62 bits per heavy atom. The van der Waals surface area contributed by atoms with Gasteiger partial charge < -0.3 is 15.0 Å². The molecule has 1 atom stereocenters. The number of anilines is 1. The zero-order valence-corrected chi connectivity index (χ0v) is 19.1. The number of alkyl halides is 3. The molecule has 1 heterocycles. The smallest absolute Gasteiger partial charge is 0.416 e. The number of carbonyl (C=O) groups excluding carboxylic acids is 1. The van der Waals surface area contributed by atoms with Crippen LogP contribution in [0.2, 0.25) is 0 Å². The van der Waals surface area contributed by atoms with Crippen molar-refractivity contribution in [3.8, 4) is 5.75 Å². The molecule has 3 rings (SSSR count). The lowest BCUT2D eigenvalue weighted by Crippen LogP contribution is -2.55. The fraction of sp³-hybridized carbons (Fsp3) is 0.333. The molecule has 0 spiro atoms. The van der Waals surface area contributed by atoms with Crippen molar-refractivity contribution in [2.24, 2.45) is 0 Å². The first-order chi connectivity index (χ1) is 14.9. The zero-order valence-electron chi connectivity index (χ0n) is 17.5. The van der Waals surface area contributed by atoms with Crippen LogP contribution in [0.5, 0.6) is 5.75 Å². The van der Waals surface area contributed by atoms with E-state index in [9.17, 15) is 23.2 Å². The third-order valence-electron chi connectivity index (χ3n) is 4.92. The van der Waals surface area contributed by atoms with Crippen molar-refractivity contribution in [1.82, 2.24) is 9.96 Å². The monoisotopic (exact) mass is 485 g/mol. The molecule has 172 valence electrons. The largest absolute Gasteiger partial charge is 0.496 e. The van der Waals surface area contributed by atoms with Gasteiger partial charge in [0, 0.05) is 11.3 Å². The standard InChI is InChI=1S/C21H22F3N3O3S2/c1-20(2)17(26(19(31)32-20)12-13-7-4-5-10-16(13)30-3)27(29)18(28)25-15-9-6-8-14(11-15)21(22,23)24/h4-11,17,29H,12H2,1-3H3,(H,25,28)/t17-/m1/s1. The van der Waals surface area contributed by atoms with Gasteiger partial charge in [-0.25, -0.2) is 4.79 Å². The van der Waals surface area contributed by atoms with E-state index in [4.69, 9.17) is 17.0 Å². The zero-order chi connectivity index (χ0) is 23.7. The molecule has 2 aromatic rings.